The van der Waals surface area contributed by atoms with Gasteiger partial charge in [0.05, 0.1) is 6.42 Å². The molecule has 0 unspecified atom stereocenters. The zero-order chi connectivity index (χ0) is 19.9. The second-order valence-electron chi connectivity index (χ2n) is 6.55. The number of piperazine rings is 1. The van der Waals surface area contributed by atoms with Crippen LogP contribution in [0.2, 0.25) is 0 Å². The predicted molar refractivity (Wildman–Crippen MR) is 98.4 cm³/mol. The average Bonchev–Trinajstić information content (AvgIpc) is 3.15. The predicted octanol–water partition coefficient (Wildman–Crippen LogP) is 0.531. The van der Waals surface area contributed by atoms with Crippen molar-refractivity contribution >= 4 is 11.9 Å². The van der Waals surface area contributed by atoms with Crippen LogP contribution in [0.25, 0.3) is 0 Å². The first kappa shape index (κ1) is 19.5. The molecule has 1 amide bonds. The molecular formula is C19H22N4O5. The highest BCUT2D eigenvalue weighted by Crippen LogP contribution is 2.32. The van der Waals surface area contributed by atoms with Gasteiger partial charge in [-0.2, -0.15) is 5.26 Å². The normalized spacial score (nSPS) is 16.5. The van der Waals surface area contributed by atoms with Crippen LogP contribution in [-0.4, -0.2) is 66.3 Å². The summed E-state index contributed by atoms with van der Waals surface area (Å²) in [6.07, 6.45) is 1.37. The zero-order valence-electron chi connectivity index (χ0n) is 15.4. The van der Waals surface area contributed by atoms with Gasteiger partial charge in [0.25, 0.3) is 5.91 Å². The lowest BCUT2D eigenvalue weighted by atomic mass is 10.1. The fourth-order valence-corrected chi connectivity index (χ4v) is 3.05. The molecule has 1 fully saturated rings. The topological polar surface area (TPSA) is 115 Å². The Morgan fingerprint density at radius 3 is 2.68 bits per heavy atom. The van der Waals surface area contributed by atoms with E-state index in [1.165, 1.54) is 0 Å². The van der Waals surface area contributed by atoms with Crippen LogP contribution in [0.15, 0.2) is 30.0 Å². The van der Waals surface area contributed by atoms with Gasteiger partial charge < -0.3 is 24.8 Å². The highest BCUT2D eigenvalue weighted by atomic mass is 16.7. The zero-order valence-corrected chi connectivity index (χ0v) is 15.4. The van der Waals surface area contributed by atoms with Crippen LogP contribution in [0.3, 0.4) is 0 Å². The number of nitrogens with one attached hydrogen (secondary N) is 1. The number of hydrogen-bond donors (Lipinski definition) is 2. The van der Waals surface area contributed by atoms with Crippen molar-refractivity contribution in [3.05, 3.63) is 35.5 Å². The number of rotatable bonds is 7. The van der Waals surface area contributed by atoms with Gasteiger partial charge in [0.15, 0.2) is 11.5 Å². The third-order valence-electron chi connectivity index (χ3n) is 4.55. The second kappa shape index (κ2) is 9.10. The minimum Gasteiger partial charge on any atom is -0.481 e. The van der Waals surface area contributed by atoms with Crippen molar-refractivity contribution < 1.29 is 24.2 Å². The summed E-state index contributed by atoms with van der Waals surface area (Å²) in [6.45, 7) is 4.02. The molecule has 2 heterocycles. The number of nitriles is 1. The Labute approximate surface area is 162 Å². The number of carbonyl (C=O) groups is 2. The van der Waals surface area contributed by atoms with E-state index in [9.17, 15) is 14.9 Å². The molecule has 1 aromatic rings. The number of aliphatic carboxylic acids is 1. The Bertz CT molecular complexity index is 809. The summed E-state index contributed by atoms with van der Waals surface area (Å²) in [5, 5.41) is 20.3. The first-order chi connectivity index (χ1) is 13.5. The largest absolute Gasteiger partial charge is 0.481 e. The van der Waals surface area contributed by atoms with Gasteiger partial charge in [0.1, 0.15) is 11.6 Å². The van der Waals surface area contributed by atoms with Crippen LogP contribution in [0, 0.1) is 11.3 Å². The Morgan fingerprint density at radius 2 is 1.96 bits per heavy atom. The van der Waals surface area contributed by atoms with Crippen molar-refractivity contribution in [3.63, 3.8) is 0 Å². The van der Waals surface area contributed by atoms with Crippen LogP contribution >= 0.6 is 0 Å². The molecule has 2 N–H and O–H groups in total. The molecule has 0 aliphatic carbocycles. The second-order valence-corrected chi connectivity index (χ2v) is 6.55. The summed E-state index contributed by atoms with van der Waals surface area (Å²) >= 11 is 0. The van der Waals surface area contributed by atoms with Crippen molar-refractivity contribution in [2.45, 2.75) is 13.0 Å². The van der Waals surface area contributed by atoms with Crippen molar-refractivity contribution in [2.24, 2.45) is 0 Å². The molecule has 0 aromatic heterocycles. The van der Waals surface area contributed by atoms with Crippen molar-refractivity contribution in [2.75, 3.05) is 39.5 Å². The van der Waals surface area contributed by atoms with E-state index in [1.54, 1.807) is 6.20 Å². The minimum absolute atomic E-state index is 0.00348. The number of carboxylic acids is 1. The summed E-state index contributed by atoms with van der Waals surface area (Å²) < 4.78 is 10.7. The first-order valence-corrected chi connectivity index (χ1v) is 9.02. The van der Waals surface area contributed by atoms with Crippen molar-refractivity contribution in [3.8, 4) is 17.6 Å². The van der Waals surface area contributed by atoms with Crippen LogP contribution < -0.4 is 14.8 Å². The van der Waals surface area contributed by atoms with Gasteiger partial charge in [-0.1, -0.05) is 6.07 Å². The Balaban J connectivity index is 1.48. The Kier molecular flexibility index (Phi) is 6.34. The highest BCUT2D eigenvalue weighted by molar-refractivity contribution is 5.97. The van der Waals surface area contributed by atoms with Gasteiger partial charge in [-0.05, 0) is 17.7 Å². The minimum atomic E-state index is -0.999. The summed E-state index contributed by atoms with van der Waals surface area (Å²) in [5.41, 5.74) is 1.12. The molecule has 0 atom stereocenters. The monoisotopic (exact) mass is 386 g/mol. The molecule has 2 aliphatic heterocycles. The molecule has 9 heteroatoms. The smallest absolute Gasteiger partial charge is 0.305 e. The molecule has 148 valence electrons. The van der Waals surface area contributed by atoms with Gasteiger partial charge in [0.2, 0.25) is 6.79 Å². The van der Waals surface area contributed by atoms with Gasteiger partial charge in [0, 0.05) is 45.5 Å². The van der Waals surface area contributed by atoms with Crippen LogP contribution in [-0.2, 0) is 16.1 Å². The van der Waals surface area contributed by atoms with E-state index in [0.29, 0.717) is 13.1 Å². The van der Waals surface area contributed by atoms with E-state index >= 15 is 0 Å². The summed E-state index contributed by atoms with van der Waals surface area (Å²) in [7, 11) is 0. The number of nitrogens with zero attached hydrogens (tertiary/aromatic N) is 3. The molecular weight excluding hydrogens is 364 g/mol. The quantitative estimate of drug-likeness (QED) is 0.515. The summed E-state index contributed by atoms with van der Waals surface area (Å²) in [4.78, 5) is 26.7. The molecule has 3 rings (SSSR count). The van der Waals surface area contributed by atoms with Crippen molar-refractivity contribution in [1.29, 1.82) is 5.26 Å². The molecule has 0 radical (unpaired) electrons. The molecule has 28 heavy (non-hydrogen) atoms. The summed E-state index contributed by atoms with van der Waals surface area (Å²) in [5.74, 6) is -0.0103. The van der Waals surface area contributed by atoms with Crippen LogP contribution in [0.5, 0.6) is 11.5 Å². The molecule has 1 saturated heterocycles. The molecule has 9 nitrogen and oxygen atoms in total. The first-order valence-electron chi connectivity index (χ1n) is 9.02. The standard InChI is InChI=1S/C19H22N4O5/c20-10-15(19(26)21-4-3-18(24)25)12-23-7-5-22(6-8-23)11-14-1-2-16-17(9-14)28-13-27-16/h1-2,9,12H,3-8,11,13H2,(H,21,26)(H,24,25)/b15-12-. The Morgan fingerprint density at radius 1 is 1.21 bits per heavy atom. The molecule has 1 aromatic carbocycles. The van der Waals surface area contributed by atoms with Gasteiger partial charge in [-0.15, -0.1) is 0 Å². The summed E-state index contributed by atoms with van der Waals surface area (Å²) in [6, 6.07) is 7.81. The third kappa shape index (κ3) is 5.14. The lowest BCUT2D eigenvalue weighted by Crippen LogP contribution is -2.44. The number of benzene rings is 1. The van der Waals surface area contributed by atoms with Gasteiger partial charge in [-0.25, -0.2) is 0 Å². The molecule has 2 aliphatic rings. The van der Waals surface area contributed by atoms with Gasteiger partial charge >= 0.3 is 5.97 Å². The van der Waals surface area contributed by atoms with Crippen LogP contribution in [0.4, 0.5) is 0 Å². The Hall–Kier alpha value is -3.25. The molecule has 0 spiro atoms. The maximum atomic E-state index is 12.0. The number of fused-ring (bicyclic) bond motifs is 1. The van der Waals surface area contributed by atoms with Crippen molar-refractivity contribution in [1.82, 2.24) is 15.1 Å². The molecule has 0 bridgehead atoms. The SMILES string of the molecule is N#C/C(=C/N1CCN(Cc2ccc3c(c2)OCO3)CC1)C(=O)NCCC(=O)O. The number of amides is 1. The number of carboxylic acid groups (broad SMARTS) is 1. The van der Waals surface area contributed by atoms with Crippen LogP contribution in [0.1, 0.15) is 12.0 Å². The maximum Gasteiger partial charge on any atom is 0.305 e. The van der Waals surface area contributed by atoms with E-state index in [4.69, 9.17) is 14.6 Å². The van der Waals surface area contributed by atoms with Gasteiger partial charge in [-0.3, -0.25) is 14.5 Å². The van der Waals surface area contributed by atoms with E-state index in [-0.39, 0.29) is 25.3 Å². The van der Waals surface area contributed by atoms with E-state index in [1.807, 2.05) is 29.2 Å². The average molecular weight is 386 g/mol. The van der Waals surface area contributed by atoms with E-state index in [2.05, 4.69) is 10.2 Å². The number of ether oxygens (including phenoxy) is 2. The lowest BCUT2D eigenvalue weighted by molar-refractivity contribution is -0.136. The third-order valence-corrected chi connectivity index (χ3v) is 4.55. The fraction of sp³-hybridized carbons (Fsp3) is 0.421. The lowest BCUT2D eigenvalue weighted by Gasteiger charge is -2.34. The van der Waals surface area contributed by atoms with E-state index < -0.39 is 11.9 Å². The van der Waals surface area contributed by atoms with E-state index in [0.717, 1.165) is 36.7 Å². The molecule has 0 saturated carbocycles. The maximum absolute atomic E-state index is 12.0. The number of carbonyl (C=O) groups excluding carboxylic acids is 1. The number of hydrogen-bond acceptors (Lipinski definition) is 7. The fourth-order valence-electron chi connectivity index (χ4n) is 3.05. The highest BCUT2D eigenvalue weighted by Gasteiger charge is 2.19.